The van der Waals surface area contributed by atoms with Crippen LogP contribution in [-0.2, 0) is 86.1 Å². The SMILES string of the molecule is O=C(OCC1O[C@@H](O[C@@H]2C(OC(=O)c3ccccc3)[C@H](OC3[C@H](O)OC(COCc4ccccc4)[C@H](OCc4ccccc4)[C@@H]3OCc3ccccc3)OC(COC(=O)c3ccccc3)[C@@H]2OC(=O)c2ccccc2)C(OC(=O)c2ccccc2)[C@@H](O)[C@H]1OC(=O)c1ccccc1)c1ccccc1. The lowest BCUT2D eigenvalue weighted by Crippen LogP contribution is -2.68. The molecular weight excluding hydrogens is 1320 g/mol. The molecule has 15 atom stereocenters. The maximum absolute atomic E-state index is 15.2. The molecule has 2 N–H and O–H groups in total. The van der Waals surface area contributed by atoms with Gasteiger partial charge in [-0.15, -0.1) is 0 Å². The van der Waals surface area contributed by atoms with Crippen LogP contribution in [0, 0.1) is 0 Å². The summed E-state index contributed by atoms with van der Waals surface area (Å²) in [7, 11) is 0. The normalized spacial score (nSPS) is 24.5. The van der Waals surface area contributed by atoms with Crippen molar-refractivity contribution in [2.75, 3.05) is 19.8 Å². The zero-order chi connectivity index (χ0) is 71.3. The molecule has 22 heteroatoms. The summed E-state index contributed by atoms with van der Waals surface area (Å²) in [4.78, 5) is 87.1. The van der Waals surface area contributed by atoms with Crippen molar-refractivity contribution in [3.05, 3.63) is 323 Å². The molecule has 0 bridgehead atoms. The third kappa shape index (κ3) is 19.1. The lowest BCUT2D eigenvalue weighted by molar-refractivity contribution is -0.384. The summed E-state index contributed by atoms with van der Waals surface area (Å²) >= 11 is 0. The van der Waals surface area contributed by atoms with Gasteiger partial charge in [-0.1, -0.05) is 200 Å². The van der Waals surface area contributed by atoms with E-state index in [4.69, 9.17) is 66.3 Å². The molecule has 6 unspecified atom stereocenters. The van der Waals surface area contributed by atoms with Crippen molar-refractivity contribution < 1.29 is 105 Å². The summed E-state index contributed by atoms with van der Waals surface area (Å²) in [6.07, 6.45) is -27.1. The van der Waals surface area contributed by atoms with Gasteiger partial charge in [0.1, 0.15) is 62.0 Å². The predicted octanol–water partition coefficient (Wildman–Crippen LogP) is 10.3. The van der Waals surface area contributed by atoms with E-state index in [0.29, 0.717) is 5.56 Å². The molecule has 3 heterocycles. The van der Waals surface area contributed by atoms with Crippen molar-refractivity contribution in [3.63, 3.8) is 0 Å². The number of rotatable bonds is 28. The van der Waals surface area contributed by atoms with Crippen LogP contribution in [0.25, 0.3) is 0 Å². The molecule has 3 aliphatic rings. The van der Waals surface area contributed by atoms with Crippen molar-refractivity contribution in [3.8, 4) is 0 Å². The molecule has 0 saturated carbocycles. The van der Waals surface area contributed by atoms with Crippen LogP contribution in [-0.4, -0.2) is 158 Å². The number of aliphatic hydroxyl groups is 2. The largest absolute Gasteiger partial charge is 0.459 e. The maximum Gasteiger partial charge on any atom is 0.338 e. The molecule has 0 amide bonds. The van der Waals surface area contributed by atoms with Gasteiger partial charge >= 0.3 is 35.8 Å². The van der Waals surface area contributed by atoms with Gasteiger partial charge in [0.05, 0.1) is 59.8 Å². The summed E-state index contributed by atoms with van der Waals surface area (Å²) in [6, 6.07) is 74.5. The summed E-state index contributed by atoms with van der Waals surface area (Å²) < 4.78 is 91.9. The van der Waals surface area contributed by atoms with E-state index in [2.05, 4.69) is 0 Å². The van der Waals surface area contributed by atoms with Crippen molar-refractivity contribution in [2.45, 2.75) is 112 Å². The number of esters is 6. The van der Waals surface area contributed by atoms with Gasteiger partial charge in [-0.25, -0.2) is 28.8 Å². The molecule has 0 radical (unpaired) electrons. The summed E-state index contributed by atoms with van der Waals surface area (Å²) in [6.45, 7) is -1.70. The van der Waals surface area contributed by atoms with Crippen LogP contribution in [0.2, 0.25) is 0 Å². The van der Waals surface area contributed by atoms with Crippen LogP contribution in [0.15, 0.2) is 273 Å². The van der Waals surface area contributed by atoms with E-state index in [0.717, 1.165) is 11.1 Å². The molecule has 3 saturated heterocycles. The van der Waals surface area contributed by atoms with Crippen molar-refractivity contribution in [2.24, 2.45) is 0 Å². The number of hydrogen-bond acceptors (Lipinski definition) is 22. The Morgan fingerprint density at radius 3 is 0.990 bits per heavy atom. The number of ether oxygens (including phenoxy) is 14. The van der Waals surface area contributed by atoms with E-state index in [1.54, 1.807) is 109 Å². The fraction of sp³-hybridized carbons (Fsp3) is 0.259. The van der Waals surface area contributed by atoms with Gasteiger partial charge in [-0.05, 0) is 89.5 Å². The van der Waals surface area contributed by atoms with Crippen LogP contribution in [0.4, 0.5) is 0 Å². The highest BCUT2D eigenvalue weighted by Crippen LogP contribution is 2.39. The van der Waals surface area contributed by atoms with Crippen LogP contribution in [0.1, 0.15) is 78.8 Å². The fourth-order valence-corrected chi connectivity index (χ4v) is 11.9. The summed E-state index contributed by atoms with van der Waals surface area (Å²) in [5, 5.41) is 25.8. The minimum Gasteiger partial charge on any atom is -0.459 e. The first kappa shape index (κ1) is 72.2. The topological polar surface area (TPSA) is 272 Å². The first-order valence-electron chi connectivity index (χ1n) is 33.5. The average Bonchev–Trinajstić information content (AvgIpc) is 0.765. The number of carbonyl (C=O) groups is 6. The number of benzene rings is 9. The zero-order valence-electron chi connectivity index (χ0n) is 55.4. The first-order valence-corrected chi connectivity index (χ1v) is 33.5. The molecule has 3 fully saturated rings. The Bertz CT molecular complexity index is 4150. The Morgan fingerprint density at radius 2 is 0.583 bits per heavy atom. The van der Waals surface area contributed by atoms with E-state index < -0.39 is 141 Å². The van der Waals surface area contributed by atoms with E-state index in [1.165, 1.54) is 72.8 Å². The standard InChI is InChI=1S/C81H74O22/c82-64-65(98-75(85)57-38-20-6-21-39-57)62(50-93-73(83)55-34-16-4-17-35-55)96-80(68(64)100-77(87)59-42-24-8-25-43-59)102-70-67(99-76(86)58-40-22-7-23-41-58)63(51-94-74(84)56-36-18-5-19-37-56)97-81(72(70)101-78(88)60-44-26-9-27-45-60)103-71-69(92-48-54-32-14-3-15-33-54)66(91-47-53-30-12-2-13-31-53)61(95-79(71)89)49-90-46-52-28-10-1-11-29-52/h1-45,61-72,79-82,89H,46-51H2/t61?,62?,63?,64-,65-,66-,67-,68?,69-,70-,71?,72?,79+,80-,81-/m0/s1. The van der Waals surface area contributed by atoms with Gasteiger partial charge in [0.15, 0.2) is 43.3 Å². The van der Waals surface area contributed by atoms with E-state index in [-0.39, 0.29) is 59.8 Å². The second-order valence-electron chi connectivity index (χ2n) is 24.2. The Hall–Kier alpha value is -10.6. The molecule has 9 aromatic carbocycles. The Balaban J connectivity index is 0.998. The molecule has 0 aromatic heterocycles. The molecular formula is C81H74O22. The summed E-state index contributed by atoms with van der Waals surface area (Å²) in [5.41, 5.74) is 2.48. The van der Waals surface area contributed by atoms with Gasteiger partial charge in [0.2, 0.25) is 0 Å². The molecule has 12 rings (SSSR count). The van der Waals surface area contributed by atoms with E-state index in [9.17, 15) is 34.2 Å². The van der Waals surface area contributed by atoms with Gasteiger partial charge in [-0.3, -0.25) is 0 Å². The number of hydrogen-bond donors (Lipinski definition) is 2. The van der Waals surface area contributed by atoms with Gasteiger partial charge < -0.3 is 76.5 Å². The summed E-state index contributed by atoms with van der Waals surface area (Å²) in [5.74, 6) is -5.83. The predicted molar refractivity (Wildman–Crippen MR) is 366 cm³/mol. The Kier molecular flexibility index (Phi) is 25.1. The molecule has 22 nitrogen and oxygen atoms in total. The van der Waals surface area contributed by atoms with Crippen molar-refractivity contribution in [1.82, 2.24) is 0 Å². The third-order valence-electron chi connectivity index (χ3n) is 17.2. The minimum absolute atomic E-state index is 0.00964. The Morgan fingerprint density at radius 1 is 0.282 bits per heavy atom. The number of aliphatic hydroxyl groups excluding tert-OH is 2. The fourth-order valence-electron chi connectivity index (χ4n) is 11.9. The molecule has 3 aliphatic heterocycles. The molecule has 9 aromatic rings. The van der Waals surface area contributed by atoms with Crippen molar-refractivity contribution >= 4 is 35.8 Å². The molecule has 0 spiro atoms. The highest BCUT2D eigenvalue weighted by molar-refractivity contribution is 5.92. The van der Waals surface area contributed by atoms with Crippen LogP contribution < -0.4 is 0 Å². The quantitative estimate of drug-likeness (QED) is 0.0341. The van der Waals surface area contributed by atoms with E-state index in [1.807, 2.05) is 91.0 Å². The first-order chi connectivity index (χ1) is 50.4. The average molecular weight is 1400 g/mol. The second kappa shape index (κ2) is 35.8. The molecule has 530 valence electrons. The molecule has 103 heavy (non-hydrogen) atoms. The van der Waals surface area contributed by atoms with Gasteiger partial charge in [0.25, 0.3) is 0 Å². The third-order valence-corrected chi connectivity index (χ3v) is 17.2. The lowest BCUT2D eigenvalue weighted by Gasteiger charge is -2.50. The van der Waals surface area contributed by atoms with Crippen LogP contribution in [0.5, 0.6) is 0 Å². The highest BCUT2D eigenvalue weighted by Gasteiger charge is 2.59. The Labute approximate surface area is 593 Å². The smallest absolute Gasteiger partial charge is 0.338 e. The zero-order valence-corrected chi connectivity index (χ0v) is 55.4. The highest BCUT2D eigenvalue weighted by atomic mass is 16.8. The van der Waals surface area contributed by atoms with Gasteiger partial charge in [0, 0.05) is 0 Å². The van der Waals surface area contributed by atoms with Crippen LogP contribution >= 0.6 is 0 Å². The monoisotopic (exact) mass is 1400 g/mol. The maximum atomic E-state index is 15.2. The lowest BCUT2D eigenvalue weighted by atomic mass is 9.95. The van der Waals surface area contributed by atoms with Crippen LogP contribution in [0.3, 0.4) is 0 Å². The molecule has 0 aliphatic carbocycles. The van der Waals surface area contributed by atoms with Crippen molar-refractivity contribution in [1.29, 1.82) is 0 Å². The van der Waals surface area contributed by atoms with E-state index >= 15 is 4.79 Å². The minimum atomic E-state index is -2.17. The number of carbonyl (C=O) groups excluding carboxylic acids is 6. The second-order valence-corrected chi connectivity index (χ2v) is 24.2. The van der Waals surface area contributed by atoms with Gasteiger partial charge in [-0.2, -0.15) is 0 Å².